The Morgan fingerprint density at radius 1 is 1.21 bits per heavy atom. The zero-order chi connectivity index (χ0) is 13.8. The molecular weight excluding hydrogens is 333 g/mol. The maximum absolute atomic E-state index is 13.4. The van der Waals surface area contributed by atoms with E-state index in [-0.39, 0.29) is 18.3 Å². The number of benzene rings is 2. The number of hydrogen-bond acceptors (Lipinski definition) is 1. The minimum Gasteiger partial charge on any atom is -0.348 e. The molecule has 0 aliphatic rings. The van der Waals surface area contributed by atoms with Gasteiger partial charge >= 0.3 is 0 Å². The molecule has 2 nitrogen and oxygen atoms in total. The van der Waals surface area contributed by atoms with Gasteiger partial charge < -0.3 is 5.32 Å². The predicted molar refractivity (Wildman–Crippen MR) is 76.7 cm³/mol. The molecule has 0 bridgehead atoms. The van der Waals surface area contributed by atoms with Crippen molar-refractivity contribution in [1.82, 2.24) is 5.32 Å². The van der Waals surface area contributed by atoms with Gasteiger partial charge in [-0.15, -0.1) is 0 Å². The van der Waals surface area contributed by atoms with Gasteiger partial charge in [0.05, 0.1) is 10.6 Å². The third kappa shape index (κ3) is 3.33. The zero-order valence-electron chi connectivity index (χ0n) is 9.79. The average Bonchev–Trinajstić information content (AvgIpc) is 2.40. The van der Waals surface area contributed by atoms with Crippen LogP contribution in [0.25, 0.3) is 0 Å². The minimum absolute atomic E-state index is 0.119. The van der Waals surface area contributed by atoms with Crippen molar-refractivity contribution >= 4 is 33.4 Å². The molecule has 2 rings (SSSR count). The zero-order valence-corrected chi connectivity index (χ0v) is 12.1. The van der Waals surface area contributed by atoms with E-state index in [2.05, 4.69) is 21.2 Å². The normalized spacial score (nSPS) is 10.3. The van der Waals surface area contributed by atoms with Gasteiger partial charge in [-0.3, -0.25) is 4.79 Å². The van der Waals surface area contributed by atoms with E-state index in [0.717, 1.165) is 0 Å². The molecule has 1 N–H and O–H groups in total. The van der Waals surface area contributed by atoms with Crippen LogP contribution < -0.4 is 5.32 Å². The van der Waals surface area contributed by atoms with Crippen LogP contribution in [0.4, 0.5) is 4.39 Å². The topological polar surface area (TPSA) is 29.1 Å². The molecule has 0 spiro atoms. The fraction of sp³-hybridized carbons (Fsp3) is 0.0714. The smallest absolute Gasteiger partial charge is 0.253 e. The lowest BCUT2D eigenvalue weighted by molar-refractivity contribution is 0.0950. The second kappa shape index (κ2) is 6.17. The summed E-state index contributed by atoms with van der Waals surface area (Å²) < 4.78 is 14.0. The summed E-state index contributed by atoms with van der Waals surface area (Å²) in [4.78, 5) is 12.0. The van der Waals surface area contributed by atoms with Crippen molar-refractivity contribution in [2.24, 2.45) is 0 Å². The summed E-state index contributed by atoms with van der Waals surface area (Å²) in [5.41, 5.74) is 0.786. The van der Waals surface area contributed by atoms with Gasteiger partial charge in [0.15, 0.2) is 0 Å². The fourth-order valence-electron chi connectivity index (χ4n) is 1.59. The van der Waals surface area contributed by atoms with Gasteiger partial charge in [-0.1, -0.05) is 35.9 Å². The van der Waals surface area contributed by atoms with Gasteiger partial charge in [-0.2, -0.15) is 0 Å². The highest BCUT2D eigenvalue weighted by molar-refractivity contribution is 9.10. The molecule has 0 heterocycles. The molecule has 0 radical (unpaired) electrons. The van der Waals surface area contributed by atoms with E-state index in [9.17, 15) is 9.18 Å². The van der Waals surface area contributed by atoms with Gasteiger partial charge in [0, 0.05) is 16.6 Å². The van der Waals surface area contributed by atoms with Crippen molar-refractivity contribution in [2.45, 2.75) is 6.54 Å². The summed E-state index contributed by atoms with van der Waals surface area (Å²) in [5.74, 6) is -0.683. The molecule has 0 fully saturated rings. The van der Waals surface area contributed by atoms with Crippen LogP contribution in [0.15, 0.2) is 46.9 Å². The summed E-state index contributed by atoms with van der Waals surface area (Å²) in [5, 5.41) is 2.98. The van der Waals surface area contributed by atoms with Crippen molar-refractivity contribution in [3.05, 3.63) is 68.9 Å². The van der Waals surface area contributed by atoms with E-state index in [1.165, 1.54) is 6.07 Å². The van der Waals surface area contributed by atoms with Crippen molar-refractivity contribution in [3.8, 4) is 0 Å². The maximum atomic E-state index is 13.4. The number of nitrogens with one attached hydrogen (secondary N) is 1. The van der Waals surface area contributed by atoms with E-state index in [1.807, 2.05) is 0 Å². The second-order valence-electron chi connectivity index (χ2n) is 3.88. The van der Waals surface area contributed by atoms with Crippen LogP contribution in [-0.4, -0.2) is 5.91 Å². The molecule has 2 aromatic carbocycles. The van der Waals surface area contributed by atoms with Gasteiger partial charge in [-0.25, -0.2) is 4.39 Å². The highest BCUT2D eigenvalue weighted by Crippen LogP contribution is 2.25. The Bertz CT molecular complexity index is 618. The summed E-state index contributed by atoms with van der Waals surface area (Å²) in [6.07, 6.45) is 0. The number of amides is 1. The molecule has 1 amide bonds. The molecule has 0 saturated heterocycles. The van der Waals surface area contributed by atoms with E-state index < -0.39 is 0 Å². The van der Waals surface area contributed by atoms with E-state index in [1.54, 1.807) is 36.4 Å². The Morgan fingerprint density at radius 3 is 2.68 bits per heavy atom. The number of halogens is 3. The Labute approximate surface area is 123 Å². The van der Waals surface area contributed by atoms with Crippen LogP contribution >= 0.6 is 27.5 Å². The standard InChI is InChI=1S/C14H10BrClFNO/c15-11-6-3-5-10(13(11)16)14(19)18-8-9-4-1-2-7-12(9)17/h1-7H,8H2,(H,18,19). The molecule has 0 saturated carbocycles. The van der Waals surface area contributed by atoms with Crippen molar-refractivity contribution in [1.29, 1.82) is 0 Å². The molecule has 0 unspecified atom stereocenters. The first-order chi connectivity index (χ1) is 9.09. The van der Waals surface area contributed by atoms with Gasteiger partial charge in [0.25, 0.3) is 5.91 Å². The Hall–Kier alpha value is -1.39. The van der Waals surface area contributed by atoms with Crippen molar-refractivity contribution in [3.63, 3.8) is 0 Å². The first kappa shape index (κ1) is 14.0. The van der Waals surface area contributed by atoms with Crippen LogP contribution in [0.5, 0.6) is 0 Å². The van der Waals surface area contributed by atoms with Crippen LogP contribution in [0.3, 0.4) is 0 Å². The third-order valence-corrected chi connectivity index (χ3v) is 3.89. The summed E-state index contributed by atoms with van der Waals surface area (Å²) in [7, 11) is 0. The monoisotopic (exact) mass is 341 g/mol. The molecular formula is C14H10BrClFNO. The molecule has 0 atom stereocenters. The molecule has 0 aromatic heterocycles. The predicted octanol–water partition coefficient (Wildman–Crippen LogP) is 4.17. The van der Waals surface area contributed by atoms with Crippen molar-refractivity contribution < 1.29 is 9.18 Å². The van der Waals surface area contributed by atoms with E-state index in [4.69, 9.17) is 11.6 Å². The third-order valence-electron chi connectivity index (χ3n) is 2.59. The number of carbonyl (C=O) groups excluding carboxylic acids is 1. The lowest BCUT2D eigenvalue weighted by atomic mass is 10.2. The van der Waals surface area contributed by atoms with Crippen LogP contribution in [-0.2, 0) is 6.54 Å². The van der Waals surface area contributed by atoms with Crippen LogP contribution in [0.1, 0.15) is 15.9 Å². The Balaban J connectivity index is 2.10. The second-order valence-corrected chi connectivity index (χ2v) is 5.11. The van der Waals surface area contributed by atoms with Gasteiger partial charge in [-0.05, 0) is 34.1 Å². The van der Waals surface area contributed by atoms with Crippen LogP contribution in [0, 0.1) is 5.82 Å². The lowest BCUT2D eigenvalue weighted by Crippen LogP contribution is -2.23. The molecule has 5 heteroatoms. The summed E-state index contributed by atoms with van der Waals surface area (Å²) >= 11 is 9.27. The lowest BCUT2D eigenvalue weighted by Gasteiger charge is -2.08. The first-order valence-corrected chi connectivity index (χ1v) is 6.72. The van der Waals surface area contributed by atoms with Gasteiger partial charge in [0.1, 0.15) is 5.82 Å². The molecule has 98 valence electrons. The SMILES string of the molecule is O=C(NCc1ccccc1F)c1cccc(Br)c1Cl. The number of rotatable bonds is 3. The highest BCUT2D eigenvalue weighted by Gasteiger charge is 2.12. The van der Waals surface area contributed by atoms with E-state index >= 15 is 0 Å². The maximum Gasteiger partial charge on any atom is 0.253 e. The molecule has 19 heavy (non-hydrogen) atoms. The fourth-order valence-corrected chi connectivity index (χ4v) is 2.17. The molecule has 2 aromatic rings. The van der Waals surface area contributed by atoms with E-state index in [0.29, 0.717) is 20.6 Å². The number of hydrogen-bond donors (Lipinski definition) is 1. The average molecular weight is 343 g/mol. The van der Waals surface area contributed by atoms with Crippen molar-refractivity contribution in [2.75, 3.05) is 0 Å². The largest absolute Gasteiger partial charge is 0.348 e. The molecule has 0 aliphatic carbocycles. The highest BCUT2D eigenvalue weighted by atomic mass is 79.9. The van der Waals surface area contributed by atoms with Crippen LogP contribution in [0.2, 0.25) is 5.02 Å². The summed E-state index contributed by atoms with van der Waals surface area (Å²) in [6, 6.07) is 11.4. The van der Waals surface area contributed by atoms with Gasteiger partial charge in [0.2, 0.25) is 0 Å². The minimum atomic E-state index is -0.344. The Morgan fingerprint density at radius 2 is 1.95 bits per heavy atom. The first-order valence-electron chi connectivity index (χ1n) is 5.55. The molecule has 0 aliphatic heterocycles. The summed E-state index contributed by atoms with van der Waals surface area (Å²) in [6.45, 7) is 0.119. The number of carbonyl (C=O) groups is 1. The quantitative estimate of drug-likeness (QED) is 0.891. The Kier molecular flexibility index (Phi) is 4.56.